The molecule has 3 rings (SSSR count). The van der Waals surface area contributed by atoms with Gasteiger partial charge in [0.15, 0.2) is 0 Å². The van der Waals surface area contributed by atoms with E-state index in [4.69, 9.17) is 0 Å². The lowest BCUT2D eigenvalue weighted by atomic mass is 10.1. The van der Waals surface area contributed by atoms with Crippen molar-refractivity contribution in [3.05, 3.63) is 59.2 Å². The molecule has 184 valence electrons. The molecule has 34 heavy (non-hydrogen) atoms. The van der Waals surface area contributed by atoms with E-state index in [2.05, 4.69) is 10.1 Å². The predicted molar refractivity (Wildman–Crippen MR) is 117 cm³/mol. The Bertz CT molecular complexity index is 1140. The third-order valence-corrected chi connectivity index (χ3v) is 7.08. The summed E-state index contributed by atoms with van der Waals surface area (Å²) in [7, 11) is -3.95. The highest BCUT2D eigenvalue weighted by Gasteiger charge is 2.32. The molecule has 0 saturated carbocycles. The molecule has 0 aliphatic carbocycles. The van der Waals surface area contributed by atoms with Crippen LogP contribution < -0.4 is 10.1 Å². The van der Waals surface area contributed by atoms with Gasteiger partial charge in [-0.15, -0.1) is 13.2 Å². The highest BCUT2D eigenvalue weighted by atomic mass is 32.2. The minimum absolute atomic E-state index is 0.0138. The number of ether oxygens (including phenoxy) is 1. The van der Waals surface area contributed by atoms with E-state index in [0.717, 1.165) is 39.7 Å². The van der Waals surface area contributed by atoms with E-state index in [1.165, 1.54) is 4.90 Å². The van der Waals surface area contributed by atoms with Gasteiger partial charge in [0.05, 0.1) is 11.4 Å². The summed E-state index contributed by atoms with van der Waals surface area (Å²) >= 11 is 0. The lowest BCUT2D eigenvalue weighted by molar-refractivity contribution is -0.274. The standard InChI is InChI=1S/C22H24F3N3O5S/c1-15-11-16(2)13-17(12-15)21(30)26-14-20(29)27-7-9-28(10-8-27)34(31,32)19-5-3-18(4-6-19)33-22(23,24)25/h3-6,11-13H,7-10,14H2,1-2H3,(H,26,30). The molecule has 1 aliphatic rings. The van der Waals surface area contributed by atoms with Gasteiger partial charge in [-0.05, 0) is 50.2 Å². The topological polar surface area (TPSA) is 96.0 Å². The maximum absolute atomic E-state index is 12.8. The summed E-state index contributed by atoms with van der Waals surface area (Å²) in [5.41, 5.74) is 2.31. The number of carbonyl (C=O) groups is 2. The number of halogens is 3. The fourth-order valence-corrected chi connectivity index (χ4v) is 5.04. The molecule has 1 saturated heterocycles. The van der Waals surface area contributed by atoms with E-state index < -0.39 is 22.1 Å². The Balaban J connectivity index is 1.53. The average Bonchev–Trinajstić information content (AvgIpc) is 2.76. The molecule has 1 heterocycles. The first kappa shape index (κ1) is 25.5. The second-order valence-corrected chi connectivity index (χ2v) is 9.80. The van der Waals surface area contributed by atoms with Gasteiger partial charge in [-0.1, -0.05) is 17.2 Å². The molecule has 0 spiro atoms. The maximum atomic E-state index is 12.8. The second kappa shape index (κ2) is 10.0. The van der Waals surface area contributed by atoms with Crippen molar-refractivity contribution in [1.82, 2.24) is 14.5 Å². The molecule has 0 unspecified atom stereocenters. The van der Waals surface area contributed by atoms with Gasteiger partial charge in [0.25, 0.3) is 5.91 Å². The number of nitrogens with zero attached hydrogens (tertiary/aromatic N) is 2. The van der Waals surface area contributed by atoms with E-state index in [9.17, 15) is 31.2 Å². The number of hydrogen-bond donors (Lipinski definition) is 1. The zero-order chi connectivity index (χ0) is 25.1. The van der Waals surface area contributed by atoms with Crippen LogP contribution in [-0.4, -0.2) is 68.5 Å². The number of alkyl halides is 3. The molecular formula is C22H24F3N3O5S. The number of hydrogen-bond acceptors (Lipinski definition) is 5. The zero-order valence-corrected chi connectivity index (χ0v) is 19.4. The number of sulfonamides is 1. The summed E-state index contributed by atoms with van der Waals surface area (Å²) in [6.45, 7) is 3.78. The smallest absolute Gasteiger partial charge is 0.406 e. The van der Waals surface area contributed by atoms with Gasteiger partial charge in [-0.2, -0.15) is 4.31 Å². The van der Waals surface area contributed by atoms with Gasteiger partial charge in [0, 0.05) is 31.7 Å². The lowest BCUT2D eigenvalue weighted by Gasteiger charge is -2.34. The van der Waals surface area contributed by atoms with E-state index in [1.54, 1.807) is 12.1 Å². The monoisotopic (exact) mass is 499 g/mol. The molecule has 0 radical (unpaired) electrons. The normalized spacial score (nSPS) is 15.1. The van der Waals surface area contributed by atoms with Crippen molar-refractivity contribution in [2.24, 2.45) is 0 Å². The van der Waals surface area contributed by atoms with E-state index in [0.29, 0.717) is 5.56 Å². The quantitative estimate of drug-likeness (QED) is 0.659. The van der Waals surface area contributed by atoms with Crippen molar-refractivity contribution in [3.8, 4) is 5.75 Å². The van der Waals surface area contributed by atoms with Gasteiger partial charge in [-0.25, -0.2) is 8.42 Å². The molecule has 1 fully saturated rings. The van der Waals surface area contributed by atoms with Crippen LogP contribution in [0.3, 0.4) is 0 Å². The molecule has 2 aromatic rings. The van der Waals surface area contributed by atoms with Crippen LogP contribution in [0.25, 0.3) is 0 Å². The van der Waals surface area contributed by atoms with Gasteiger partial charge < -0.3 is 15.0 Å². The van der Waals surface area contributed by atoms with Crippen LogP contribution in [0.5, 0.6) is 5.75 Å². The van der Waals surface area contributed by atoms with Crippen LogP contribution in [-0.2, 0) is 14.8 Å². The fraction of sp³-hybridized carbons (Fsp3) is 0.364. The van der Waals surface area contributed by atoms with Gasteiger partial charge in [0.1, 0.15) is 5.75 Å². The third kappa shape index (κ3) is 6.48. The number of aryl methyl sites for hydroxylation is 2. The van der Waals surface area contributed by atoms with E-state index in [-0.39, 0.29) is 49.4 Å². The third-order valence-electron chi connectivity index (χ3n) is 5.17. The molecule has 0 bridgehead atoms. The summed E-state index contributed by atoms with van der Waals surface area (Å²) in [5, 5.41) is 2.59. The Labute approximate surface area is 195 Å². The van der Waals surface area contributed by atoms with Crippen molar-refractivity contribution in [2.75, 3.05) is 32.7 Å². The molecule has 8 nitrogen and oxygen atoms in total. The first-order valence-electron chi connectivity index (χ1n) is 10.4. The van der Waals surface area contributed by atoms with Crippen molar-refractivity contribution in [1.29, 1.82) is 0 Å². The second-order valence-electron chi connectivity index (χ2n) is 7.86. The Morgan fingerprint density at radius 1 is 0.971 bits per heavy atom. The van der Waals surface area contributed by atoms with Crippen LogP contribution in [0.1, 0.15) is 21.5 Å². The number of benzene rings is 2. The van der Waals surface area contributed by atoms with Crippen molar-refractivity contribution < 1.29 is 35.9 Å². The maximum Gasteiger partial charge on any atom is 0.573 e. The molecule has 12 heteroatoms. The highest BCUT2D eigenvalue weighted by Crippen LogP contribution is 2.25. The molecule has 0 aromatic heterocycles. The van der Waals surface area contributed by atoms with Crippen LogP contribution in [0.2, 0.25) is 0 Å². The number of rotatable bonds is 6. The Morgan fingerprint density at radius 2 is 1.53 bits per heavy atom. The first-order valence-corrected chi connectivity index (χ1v) is 11.8. The summed E-state index contributed by atoms with van der Waals surface area (Å²) in [6.07, 6.45) is -4.87. The SMILES string of the molecule is Cc1cc(C)cc(C(=O)NCC(=O)N2CCN(S(=O)(=O)c3ccc(OC(F)(F)F)cc3)CC2)c1. The van der Waals surface area contributed by atoms with E-state index >= 15 is 0 Å². The number of amides is 2. The fourth-order valence-electron chi connectivity index (χ4n) is 3.62. The summed E-state index contributed by atoms with van der Waals surface area (Å²) in [4.78, 5) is 26.1. The Morgan fingerprint density at radius 3 is 2.06 bits per heavy atom. The average molecular weight is 500 g/mol. The summed E-state index contributed by atoms with van der Waals surface area (Å²) < 4.78 is 67.3. The summed E-state index contributed by atoms with van der Waals surface area (Å²) in [6, 6.07) is 9.31. The number of carbonyl (C=O) groups excluding carboxylic acids is 2. The van der Waals surface area contributed by atoms with Crippen LogP contribution in [0.4, 0.5) is 13.2 Å². The van der Waals surface area contributed by atoms with Gasteiger partial charge in [0.2, 0.25) is 15.9 Å². The Kier molecular flexibility index (Phi) is 7.51. The van der Waals surface area contributed by atoms with Crippen molar-refractivity contribution in [2.45, 2.75) is 25.1 Å². The summed E-state index contributed by atoms with van der Waals surface area (Å²) in [5.74, 6) is -1.24. The zero-order valence-electron chi connectivity index (χ0n) is 18.6. The van der Waals surface area contributed by atoms with Gasteiger partial charge >= 0.3 is 6.36 Å². The van der Waals surface area contributed by atoms with Crippen LogP contribution in [0, 0.1) is 13.8 Å². The lowest BCUT2D eigenvalue weighted by Crippen LogP contribution is -2.52. The first-order chi connectivity index (χ1) is 15.8. The highest BCUT2D eigenvalue weighted by molar-refractivity contribution is 7.89. The number of nitrogens with one attached hydrogen (secondary N) is 1. The molecule has 1 aliphatic heterocycles. The molecule has 2 amide bonds. The number of piperazine rings is 1. The Hall–Kier alpha value is -3.12. The van der Waals surface area contributed by atoms with Crippen LogP contribution >= 0.6 is 0 Å². The largest absolute Gasteiger partial charge is 0.573 e. The van der Waals surface area contributed by atoms with E-state index in [1.807, 2.05) is 19.9 Å². The minimum atomic E-state index is -4.87. The molecule has 1 N–H and O–H groups in total. The van der Waals surface area contributed by atoms with Crippen molar-refractivity contribution in [3.63, 3.8) is 0 Å². The predicted octanol–water partition coefficient (Wildman–Crippen LogP) is 2.46. The molecular weight excluding hydrogens is 475 g/mol. The van der Waals surface area contributed by atoms with Crippen molar-refractivity contribution >= 4 is 21.8 Å². The molecule has 0 atom stereocenters. The minimum Gasteiger partial charge on any atom is -0.406 e. The van der Waals surface area contributed by atoms with Gasteiger partial charge in [-0.3, -0.25) is 9.59 Å². The molecule has 2 aromatic carbocycles. The van der Waals surface area contributed by atoms with Crippen LogP contribution in [0.15, 0.2) is 47.4 Å².